The van der Waals surface area contributed by atoms with E-state index in [-0.39, 0.29) is 5.56 Å². The maximum absolute atomic E-state index is 11.7. The molecule has 11 heteroatoms. The van der Waals surface area contributed by atoms with Gasteiger partial charge in [-0.05, 0) is 182 Å². The zero-order chi connectivity index (χ0) is 51.9. The first-order chi connectivity index (χ1) is 37.9. The minimum Gasteiger partial charge on any atom is -0.478 e. The number of aromatic nitrogens is 3. The highest BCUT2D eigenvalue weighted by atomic mass is 32.1. The van der Waals surface area contributed by atoms with E-state index < -0.39 is 5.97 Å². The molecule has 0 aliphatic rings. The van der Waals surface area contributed by atoms with Crippen LogP contribution in [-0.2, 0) is 0 Å². The van der Waals surface area contributed by atoms with Crippen molar-refractivity contribution < 1.29 is 18.7 Å². The van der Waals surface area contributed by atoms with Crippen LogP contribution >= 0.6 is 22.7 Å². The fraction of sp³-hybridized carbons (Fsp3) is 0. The molecule has 370 valence electrons. The Morgan fingerprint density at radius 3 is 1.09 bits per heavy atom. The third-order valence-corrected chi connectivity index (χ3v) is 14.8. The molecule has 0 aliphatic heterocycles. The number of hydrogen-bond donors (Lipinski definition) is 1. The Bertz CT molecular complexity index is 3690. The monoisotopic (exact) mass is 1040 g/mol. The number of rotatable bonds is 16. The highest BCUT2D eigenvalue weighted by molar-refractivity contribution is 7.16. The summed E-state index contributed by atoms with van der Waals surface area (Å²) in [5, 5.41) is 9.60. The molecule has 77 heavy (non-hydrogen) atoms. The molecular weight excluding hydrogens is 991 g/mol. The van der Waals surface area contributed by atoms with Crippen LogP contribution < -0.4 is 9.80 Å². The summed E-state index contributed by atoms with van der Waals surface area (Å²) in [5.74, 6) is 3.43. The summed E-state index contributed by atoms with van der Waals surface area (Å²) >= 11 is 3.10. The second-order valence-corrected chi connectivity index (χ2v) is 20.0. The third-order valence-electron chi connectivity index (χ3n) is 12.7. The number of carbonyl (C=O) groups is 1. The third kappa shape index (κ3) is 10.9. The molecular formula is C66H45N5O4S2. The highest BCUT2D eigenvalue weighted by Crippen LogP contribution is 2.39. The number of aromatic carboxylic acids is 1. The number of thiophene rings is 2. The van der Waals surface area contributed by atoms with Crippen molar-refractivity contribution in [2.24, 2.45) is 0 Å². The zero-order valence-electron chi connectivity index (χ0n) is 41.1. The fourth-order valence-corrected chi connectivity index (χ4v) is 10.6. The summed E-state index contributed by atoms with van der Waals surface area (Å²) in [6, 6.07) is 80.7. The number of hydrogen-bond acceptors (Lipinski definition) is 10. The average Bonchev–Trinajstić information content (AvgIpc) is 4.36. The van der Waals surface area contributed by atoms with Crippen molar-refractivity contribution >= 4 is 87.1 Å². The van der Waals surface area contributed by atoms with Crippen molar-refractivity contribution in [1.29, 1.82) is 0 Å². The van der Waals surface area contributed by atoms with Gasteiger partial charge in [-0.15, -0.1) is 22.7 Å². The minimum absolute atomic E-state index is 0.179. The molecule has 12 aromatic rings. The lowest BCUT2D eigenvalue weighted by molar-refractivity contribution is 0.0697. The highest BCUT2D eigenvalue weighted by Gasteiger charge is 2.18. The maximum atomic E-state index is 11.7. The summed E-state index contributed by atoms with van der Waals surface area (Å²) in [4.78, 5) is 34.7. The Balaban J connectivity index is 0.758. The Labute approximate surface area is 453 Å². The largest absolute Gasteiger partial charge is 0.478 e. The lowest BCUT2D eigenvalue weighted by Gasteiger charge is -2.25. The lowest BCUT2D eigenvalue weighted by atomic mass is 10.1. The molecule has 0 fully saturated rings. The smallest absolute Gasteiger partial charge is 0.335 e. The van der Waals surface area contributed by atoms with E-state index in [2.05, 4.69) is 107 Å². The van der Waals surface area contributed by atoms with Gasteiger partial charge in [0, 0.05) is 60.6 Å². The molecule has 0 spiro atoms. The van der Waals surface area contributed by atoms with E-state index in [0.29, 0.717) is 23.0 Å². The molecule has 0 radical (unpaired) electrons. The molecule has 0 atom stereocenters. The standard InChI is InChI=1S/C66H45N5O4S2/c72-66(73)48-23-21-47(22-24-48)63-67-64(61-43-39-57(76-61)37-33-55-35-41-59(74-55)45-25-29-53(30-26-45)70(49-13-5-1-6-14-49)50-15-7-2-8-16-50)69-65(68-63)62-44-40-58(77-62)38-34-56-36-42-60(75-56)46-27-31-54(32-28-46)71(51-17-9-3-10-18-51)52-19-11-4-12-20-52/h1-44H,(H,72,73)/b37-33+,38-34+. The van der Waals surface area contributed by atoms with Crippen molar-refractivity contribution in [3.8, 4) is 55.4 Å². The molecule has 5 aromatic heterocycles. The normalized spacial score (nSPS) is 11.4. The van der Waals surface area contributed by atoms with Gasteiger partial charge in [0.25, 0.3) is 0 Å². The first-order valence-corrected chi connectivity index (χ1v) is 26.4. The molecule has 0 aliphatic carbocycles. The van der Waals surface area contributed by atoms with Gasteiger partial charge in [0.1, 0.15) is 23.0 Å². The Morgan fingerprint density at radius 1 is 0.364 bits per heavy atom. The summed E-state index contributed by atoms with van der Waals surface area (Å²) in [7, 11) is 0. The van der Waals surface area contributed by atoms with Crippen LogP contribution in [0.25, 0.3) is 79.7 Å². The number of furan rings is 2. The number of para-hydroxylation sites is 4. The molecule has 0 unspecified atom stereocenters. The molecule has 9 nitrogen and oxygen atoms in total. The van der Waals surface area contributed by atoms with Crippen LogP contribution in [0.1, 0.15) is 31.6 Å². The number of nitrogens with zero attached hydrogens (tertiary/aromatic N) is 5. The van der Waals surface area contributed by atoms with Gasteiger partial charge in [-0.1, -0.05) is 84.9 Å². The first-order valence-electron chi connectivity index (χ1n) is 24.8. The van der Waals surface area contributed by atoms with E-state index in [1.54, 1.807) is 46.9 Å². The van der Waals surface area contributed by atoms with Crippen molar-refractivity contribution in [2.75, 3.05) is 9.80 Å². The molecule has 1 N–H and O–H groups in total. The molecule has 7 aromatic carbocycles. The van der Waals surface area contributed by atoms with Gasteiger partial charge in [0.15, 0.2) is 17.5 Å². The Kier molecular flexibility index (Phi) is 13.6. The first kappa shape index (κ1) is 48.0. The van der Waals surface area contributed by atoms with Gasteiger partial charge in [-0.2, -0.15) is 0 Å². The van der Waals surface area contributed by atoms with E-state index in [1.807, 2.05) is 146 Å². The van der Waals surface area contributed by atoms with Crippen molar-refractivity contribution in [2.45, 2.75) is 0 Å². The summed E-state index contributed by atoms with van der Waals surface area (Å²) in [6.45, 7) is 0. The van der Waals surface area contributed by atoms with Crippen LogP contribution in [0.4, 0.5) is 34.1 Å². The molecule has 0 bridgehead atoms. The maximum Gasteiger partial charge on any atom is 0.335 e. The number of benzene rings is 7. The second-order valence-electron chi connectivity index (χ2n) is 17.8. The van der Waals surface area contributed by atoms with Gasteiger partial charge >= 0.3 is 5.97 Å². The Morgan fingerprint density at radius 2 is 0.714 bits per heavy atom. The summed E-state index contributed by atoms with van der Waals surface area (Å²) in [6.07, 6.45) is 7.96. The van der Waals surface area contributed by atoms with Gasteiger partial charge in [0.2, 0.25) is 0 Å². The SMILES string of the molecule is O=C(O)c1ccc(-c2nc(-c3ccc(/C=C/c4ccc(-c5ccc(N(c6ccccc6)c6ccccc6)cc5)o4)s3)nc(-c3ccc(/C=C/c4ccc(-c5ccc(N(c6ccccc6)c6ccccc6)cc5)o4)s3)n2)cc1. The van der Waals surface area contributed by atoms with Crippen molar-refractivity contribution in [1.82, 2.24) is 15.0 Å². The van der Waals surface area contributed by atoms with Crippen LogP contribution in [0.3, 0.4) is 0 Å². The van der Waals surface area contributed by atoms with E-state index in [1.165, 1.54) is 0 Å². The van der Waals surface area contributed by atoms with Crippen LogP contribution in [0.5, 0.6) is 0 Å². The molecule has 0 saturated heterocycles. The van der Waals surface area contributed by atoms with Crippen LogP contribution in [0, 0.1) is 0 Å². The topological polar surface area (TPSA) is 109 Å². The van der Waals surface area contributed by atoms with E-state index in [0.717, 1.165) is 87.8 Å². The van der Waals surface area contributed by atoms with Crippen molar-refractivity contribution in [3.05, 3.63) is 269 Å². The van der Waals surface area contributed by atoms with E-state index in [9.17, 15) is 9.90 Å². The lowest BCUT2D eigenvalue weighted by Crippen LogP contribution is -2.09. The van der Waals surface area contributed by atoms with Gasteiger partial charge in [-0.3, -0.25) is 0 Å². The quantitative estimate of drug-likeness (QED) is 0.101. The van der Waals surface area contributed by atoms with E-state index in [4.69, 9.17) is 23.8 Å². The van der Waals surface area contributed by atoms with Gasteiger partial charge < -0.3 is 23.7 Å². The van der Waals surface area contributed by atoms with Gasteiger partial charge in [-0.25, -0.2) is 19.7 Å². The Hall–Kier alpha value is -9.94. The molecule has 12 rings (SSSR count). The number of anilines is 6. The molecule has 0 saturated carbocycles. The average molecular weight is 1040 g/mol. The molecule has 0 amide bonds. The molecule has 5 heterocycles. The zero-order valence-corrected chi connectivity index (χ0v) is 42.8. The predicted octanol–water partition coefficient (Wildman–Crippen LogP) is 18.5. The van der Waals surface area contributed by atoms with Gasteiger partial charge in [0.05, 0.1) is 15.3 Å². The predicted molar refractivity (Wildman–Crippen MR) is 314 cm³/mol. The van der Waals surface area contributed by atoms with Crippen LogP contribution in [0.2, 0.25) is 0 Å². The number of carboxylic acid groups (broad SMARTS) is 1. The second kappa shape index (κ2) is 21.9. The van der Waals surface area contributed by atoms with Crippen molar-refractivity contribution in [3.63, 3.8) is 0 Å². The number of carboxylic acids is 1. The fourth-order valence-electron chi connectivity index (χ4n) is 8.89. The summed E-state index contributed by atoms with van der Waals surface area (Å²) < 4.78 is 12.7. The van der Waals surface area contributed by atoms with E-state index >= 15 is 0 Å². The minimum atomic E-state index is -1.00. The van der Waals surface area contributed by atoms with Crippen LogP contribution in [-0.4, -0.2) is 26.0 Å². The van der Waals surface area contributed by atoms with Crippen LogP contribution in [0.15, 0.2) is 251 Å². The summed E-state index contributed by atoms with van der Waals surface area (Å²) in [5.41, 5.74) is 9.20.